The Kier molecular flexibility index (Phi) is 5.08. The molecule has 0 saturated heterocycles. The zero-order valence-corrected chi connectivity index (χ0v) is 13.6. The number of nitrogens with zero attached hydrogens (tertiary/aromatic N) is 1. The number of hydrogen-bond donors (Lipinski definition) is 2. The number of amides is 1. The first kappa shape index (κ1) is 16.0. The standard InChI is InChI=1S/C19H16ClN3O/c20-17-10-4-2-7-15(17)12-22-23-19(24)13-21-18-11-5-8-14-6-1-3-9-16(14)18/h1-12,21H,13H2,(H,23,24). The van der Waals surface area contributed by atoms with Gasteiger partial charge in [0.2, 0.25) is 0 Å². The Labute approximate surface area is 145 Å². The van der Waals surface area contributed by atoms with Gasteiger partial charge in [-0.25, -0.2) is 5.43 Å². The van der Waals surface area contributed by atoms with Crippen molar-refractivity contribution in [3.05, 3.63) is 77.3 Å². The smallest absolute Gasteiger partial charge is 0.259 e. The van der Waals surface area contributed by atoms with Crippen molar-refractivity contribution in [2.24, 2.45) is 5.10 Å². The fourth-order valence-corrected chi connectivity index (χ4v) is 2.53. The minimum absolute atomic E-state index is 0.133. The highest BCUT2D eigenvalue weighted by atomic mass is 35.5. The summed E-state index contributed by atoms with van der Waals surface area (Å²) in [5.41, 5.74) is 4.15. The normalized spacial score (nSPS) is 10.9. The molecule has 3 rings (SSSR count). The van der Waals surface area contributed by atoms with Crippen LogP contribution in [0.4, 0.5) is 5.69 Å². The van der Waals surface area contributed by atoms with Gasteiger partial charge < -0.3 is 5.32 Å². The molecular weight excluding hydrogens is 322 g/mol. The predicted molar refractivity (Wildman–Crippen MR) is 99.6 cm³/mol. The van der Waals surface area contributed by atoms with E-state index in [1.165, 1.54) is 6.21 Å². The number of benzene rings is 3. The van der Waals surface area contributed by atoms with Gasteiger partial charge in [-0.05, 0) is 17.5 Å². The van der Waals surface area contributed by atoms with Crippen LogP contribution in [-0.2, 0) is 4.79 Å². The molecule has 0 aliphatic heterocycles. The molecule has 5 heteroatoms. The van der Waals surface area contributed by atoms with Crippen molar-refractivity contribution in [1.29, 1.82) is 0 Å². The average molecular weight is 338 g/mol. The van der Waals surface area contributed by atoms with E-state index in [2.05, 4.69) is 15.8 Å². The van der Waals surface area contributed by atoms with E-state index >= 15 is 0 Å². The first-order chi connectivity index (χ1) is 11.7. The molecule has 2 N–H and O–H groups in total. The molecule has 0 aromatic heterocycles. The van der Waals surface area contributed by atoms with Gasteiger partial charge in [-0.3, -0.25) is 4.79 Å². The molecule has 0 spiro atoms. The van der Waals surface area contributed by atoms with Crippen molar-refractivity contribution in [1.82, 2.24) is 5.43 Å². The number of halogens is 1. The molecular formula is C19H16ClN3O. The lowest BCUT2D eigenvalue weighted by Gasteiger charge is -2.08. The number of rotatable bonds is 5. The second-order valence-corrected chi connectivity index (χ2v) is 5.60. The molecule has 3 aromatic rings. The number of carbonyl (C=O) groups excluding carboxylic acids is 1. The van der Waals surface area contributed by atoms with Crippen LogP contribution in [0.25, 0.3) is 10.8 Å². The summed E-state index contributed by atoms with van der Waals surface area (Å²) in [7, 11) is 0. The summed E-state index contributed by atoms with van der Waals surface area (Å²) in [5, 5.41) is 9.85. The van der Waals surface area contributed by atoms with Crippen molar-refractivity contribution in [3.63, 3.8) is 0 Å². The van der Waals surface area contributed by atoms with E-state index in [1.807, 2.05) is 60.7 Å². The van der Waals surface area contributed by atoms with Gasteiger partial charge in [0.05, 0.1) is 12.8 Å². The lowest BCUT2D eigenvalue weighted by atomic mass is 10.1. The summed E-state index contributed by atoms with van der Waals surface area (Å²) in [6.07, 6.45) is 1.53. The van der Waals surface area contributed by atoms with E-state index in [-0.39, 0.29) is 12.5 Å². The van der Waals surface area contributed by atoms with Crippen molar-refractivity contribution >= 4 is 40.2 Å². The fraction of sp³-hybridized carbons (Fsp3) is 0.0526. The van der Waals surface area contributed by atoms with Crippen molar-refractivity contribution in [2.45, 2.75) is 0 Å². The maximum atomic E-state index is 11.9. The molecule has 0 aliphatic carbocycles. The molecule has 0 saturated carbocycles. The lowest BCUT2D eigenvalue weighted by Crippen LogP contribution is -2.25. The molecule has 4 nitrogen and oxygen atoms in total. The Morgan fingerprint density at radius 1 is 1.00 bits per heavy atom. The Balaban J connectivity index is 1.58. The van der Waals surface area contributed by atoms with Gasteiger partial charge in [0.15, 0.2) is 0 Å². The van der Waals surface area contributed by atoms with Crippen LogP contribution in [0.1, 0.15) is 5.56 Å². The van der Waals surface area contributed by atoms with Crippen molar-refractivity contribution in [3.8, 4) is 0 Å². The van der Waals surface area contributed by atoms with Gasteiger partial charge in [0, 0.05) is 21.7 Å². The van der Waals surface area contributed by atoms with E-state index in [1.54, 1.807) is 6.07 Å². The van der Waals surface area contributed by atoms with Gasteiger partial charge in [-0.15, -0.1) is 0 Å². The topological polar surface area (TPSA) is 53.5 Å². The maximum Gasteiger partial charge on any atom is 0.259 e. The molecule has 1 amide bonds. The van der Waals surface area contributed by atoms with Crippen molar-refractivity contribution in [2.75, 3.05) is 11.9 Å². The number of hydrazone groups is 1. The molecule has 0 radical (unpaired) electrons. The predicted octanol–water partition coefficient (Wildman–Crippen LogP) is 4.06. The second kappa shape index (κ2) is 7.62. The Morgan fingerprint density at radius 2 is 1.75 bits per heavy atom. The van der Waals surface area contributed by atoms with Crippen LogP contribution < -0.4 is 10.7 Å². The van der Waals surface area contributed by atoms with Gasteiger partial charge in [-0.2, -0.15) is 5.10 Å². The first-order valence-corrected chi connectivity index (χ1v) is 7.90. The fourth-order valence-electron chi connectivity index (χ4n) is 2.35. The number of hydrogen-bond acceptors (Lipinski definition) is 3. The third-order valence-corrected chi connectivity index (χ3v) is 3.87. The minimum atomic E-state index is -0.230. The summed E-state index contributed by atoms with van der Waals surface area (Å²) in [4.78, 5) is 11.9. The molecule has 120 valence electrons. The second-order valence-electron chi connectivity index (χ2n) is 5.19. The largest absolute Gasteiger partial charge is 0.376 e. The highest BCUT2D eigenvalue weighted by Gasteiger charge is 2.03. The highest BCUT2D eigenvalue weighted by molar-refractivity contribution is 6.33. The Bertz CT molecular complexity index is 887. The van der Waals surface area contributed by atoms with Crippen LogP contribution in [0.15, 0.2) is 71.8 Å². The van der Waals surface area contributed by atoms with Gasteiger partial charge in [0.25, 0.3) is 5.91 Å². The summed E-state index contributed by atoms with van der Waals surface area (Å²) < 4.78 is 0. The first-order valence-electron chi connectivity index (χ1n) is 7.52. The van der Waals surface area contributed by atoms with E-state index in [9.17, 15) is 4.79 Å². The zero-order chi connectivity index (χ0) is 16.8. The lowest BCUT2D eigenvalue weighted by molar-refractivity contribution is -0.119. The van der Waals surface area contributed by atoms with E-state index in [0.717, 1.165) is 22.0 Å². The van der Waals surface area contributed by atoms with Crippen LogP contribution in [0, 0.1) is 0 Å². The number of carbonyl (C=O) groups is 1. The zero-order valence-electron chi connectivity index (χ0n) is 12.9. The molecule has 0 unspecified atom stereocenters. The molecule has 0 fully saturated rings. The third kappa shape index (κ3) is 3.91. The van der Waals surface area contributed by atoms with Gasteiger partial charge >= 0.3 is 0 Å². The molecule has 0 heterocycles. The van der Waals surface area contributed by atoms with Crippen LogP contribution in [0.5, 0.6) is 0 Å². The van der Waals surface area contributed by atoms with Crippen LogP contribution >= 0.6 is 11.6 Å². The minimum Gasteiger partial charge on any atom is -0.376 e. The van der Waals surface area contributed by atoms with E-state index in [4.69, 9.17) is 11.6 Å². The summed E-state index contributed by atoms with van der Waals surface area (Å²) >= 11 is 6.02. The van der Waals surface area contributed by atoms with E-state index in [0.29, 0.717) is 5.02 Å². The number of nitrogens with one attached hydrogen (secondary N) is 2. The molecule has 24 heavy (non-hydrogen) atoms. The third-order valence-electron chi connectivity index (χ3n) is 3.53. The van der Waals surface area contributed by atoms with Gasteiger partial charge in [-0.1, -0.05) is 66.2 Å². The number of fused-ring (bicyclic) bond motifs is 1. The average Bonchev–Trinajstić information content (AvgIpc) is 2.61. The molecule has 0 atom stereocenters. The van der Waals surface area contributed by atoms with E-state index < -0.39 is 0 Å². The van der Waals surface area contributed by atoms with Crippen molar-refractivity contribution < 1.29 is 4.79 Å². The Hall–Kier alpha value is -2.85. The molecule has 3 aromatic carbocycles. The number of anilines is 1. The Morgan fingerprint density at radius 3 is 2.62 bits per heavy atom. The summed E-state index contributed by atoms with van der Waals surface area (Å²) in [6, 6.07) is 21.3. The summed E-state index contributed by atoms with van der Waals surface area (Å²) in [6.45, 7) is 0.133. The van der Waals surface area contributed by atoms with Crippen LogP contribution in [0.2, 0.25) is 5.02 Å². The SMILES string of the molecule is O=C(CNc1cccc2ccccc12)NN=Cc1ccccc1Cl. The molecule has 0 bridgehead atoms. The quantitative estimate of drug-likeness (QED) is 0.545. The van der Waals surface area contributed by atoms with Gasteiger partial charge in [0.1, 0.15) is 0 Å². The summed E-state index contributed by atoms with van der Waals surface area (Å²) in [5.74, 6) is -0.230. The highest BCUT2D eigenvalue weighted by Crippen LogP contribution is 2.22. The molecule has 0 aliphatic rings. The van der Waals surface area contributed by atoms with Crippen LogP contribution in [-0.4, -0.2) is 18.7 Å². The monoisotopic (exact) mass is 337 g/mol. The maximum absolute atomic E-state index is 11.9. The van der Waals surface area contributed by atoms with Crippen LogP contribution in [0.3, 0.4) is 0 Å².